The zero-order valence-corrected chi connectivity index (χ0v) is 16.3. The van der Waals surface area contributed by atoms with Crippen molar-refractivity contribution in [2.24, 2.45) is 16.5 Å². The Hall–Kier alpha value is -1.65. The number of oxime groups is 1. The van der Waals surface area contributed by atoms with Crippen LogP contribution in [0.1, 0.15) is 44.6 Å². The van der Waals surface area contributed by atoms with Crippen molar-refractivity contribution in [3.63, 3.8) is 0 Å². The molecule has 3 atom stereocenters. The molecule has 4 heteroatoms. The van der Waals surface area contributed by atoms with E-state index in [9.17, 15) is 5.11 Å². The number of likely N-dealkylation sites (N-methyl/N-ethyl adjacent to an activating group) is 1. The van der Waals surface area contributed by atoms with Gasteiger partial charge in [0.2, 0.25) is 0 Å². The fourth-order valence-corrected chi connectivity index (χ4v) is 4.48. The first-order valence-electron chi connectivity index (χ1n) is 9.70. The van der Waals surface area contributed by atoms with Crippen molar-refractivity contribution in [1.82, 2.24) is 4.90 Å². The van der Waals surface area contributed by atoms with Crippen molar-refractivity contribution < 1.29 is 9.94 Å². The molecule has 2 aliphatic rings. The highest BCUT2D eigenvalue weighted by Gasteiger charge is 2.57. The first-order valence-corrected chi connectivity index (χ1v) is 9.70. The third-order valence-electron chi connectivity index (χ3n) is 6.35. The topological polar surface area (TPSA) is 45.1 Å². The molecule has 0 bridgehead atoms. The Morgan fingerprint density at radius 3 is 2.77 bits per heavy atom. The van der Waals surface area contributed by atoms with Gasteiger partial charge >= 0.3 is 0 Å². The number of rotatable bonds is 6. The number of nitrogens with zero attached hydrogens (tertiary/aromatic N) is 2. The van der Waals surface area contributed by atoms with Gasteiger partial charge in [-0.25, -0.2) is 0 Å². The van der Waals surface area contributed by atoms with Crippen LogP contribution in [0.3, 0.4) is 0 Å². The van der Waals surface area contributed by atoms with Gasteiger partial charge in [-0.15, -0.1) is 0 Å². The number of benzene rings is 1. The van der Waals surface area contributed by atoms with Crippen LogP contribution in [0.15, 0.2) is 41.1 Å². The van der Waals surface area contributed by atoms with Crippen LogP contribution in [-0.4, -0.2) is 49.1 Å². The standard InChI is InChI=1S/C22H32N2O2/c1-21-11-9-19(15-18-7-5-4-6-8-18)16-22(21,25)12-10-20(21)17-23-26-14-13-24(2)3/h4-8,15,17,20,25H,9-14,16H2,1-3H3/b19-15-,23-17+/t20-,21-,22+/m1/s1. The summed E-state index contributed by atoms with van der Waals surface area (Å²) in [6.45, 7) is 3.69. The molecule has 2 aliphatic carbocycles. The van der Waals surface area contributed by atoms with Gasteiger partial charge in [-0.05, 0) is 51.8 Å². The van der Waals surface area contributed by atoms with Crippen molar-refractivity contribution in [2.45, 2.75) is 44.6 Å². The summed E-state index contributed by atoms with van der Waals surface area (Å²) in [4.78, 5) is 7.48. The fourth-order valence-electron chi connectivity index (χ4n) is 4.48. The second kappa shape index (κ2) is 7.93. The van der Waals surface area contributed by atoms with Crippen LogP contribution in [0.2, 0.25) is 0 Å². The van der Waals surface area contributed by atoms with Gasteiger partial charge in [0, 0.05) is 24.1 Å². The van der Waals surface area contributed by atoms with E-state index >= 15 is 0 Å². The third kappa shape index (κ3) is 4.02. The molecule has 0 amide bonds. The van der Waals surface area contributed by atoms with Gasteiger partial charge in [0.15, 0.2) is 0 Å². The molecule has 0 aliphatic heterocycles. The van der Waals surface area contributed by atoms with Crippen LogP contribution in [0, 0.1) is 11.3 Å². The lowest BCUT2D eigenvalue weighted by Crippen LogP contribution is -2.48. The van der Waals surface area contributed by atoms with Crippen LogP contribution in [-0.2, 0) is 4.84 Å². The van der Waals surface area contributed by atoms with Crippen LogP contribution < -0.4 is 0 Å². The molecule has 4 nitrogen and oxygen atoms in total. The molecule has 0 spiro atoms. The quantitative estimate of drug-likeness (QED) is 0.477. The number of fused-ring (bicyclic) bond motifs is 1. The Bertz CT molecular complexity index is 655. The van der Waals surface area contributed by atoms with Crippen molar-refractivity contribution >= 4 is 12.3 Å². The molecular formula is C22H32N2O2. The summed E-state index contributed by atoms with van der Waals surface area (Å²) in [6.07, 6.45) is 8.82. The lowest BCUT2D eigenvalue weighted by Gasteiger charge is -2.47. The highest BCUT2D eigenvalue weighted by atomic mass is 16.6. The van der Waals surface area contributed by atoms with E-state index in [2.05, 4.69) is 47.3 Å². The van der Waals surface area contributed by atoms with Gasteiger partial charge in [0.1, 0.15) is 6.61 Å². The summed E-state index contributed by atoms with van der Waals surface area (Å²) in [5.74, 6) is 0.283. The maximum Gasteiger partial charge on any atom is 0.129 e. The molecule has 3 rings (SSSR count). The number of hydrogen-bond acceptors (Lipinski definition) is 4. The Morgan fingerprint density at radius 2 is 2.04 bits per heavy atom. The fraction of sp³-hybridized carbons (Fsp3) is 0.591. The second-order valence-corrected chi connectivity index (χ2v) is 8.38. The summed E-state index contributed by atoms with van der Waals surface area (Å²) in [7, 11) is 4.04. The minimum Gasteiger partial charge on any atom is -0.395 e. The SMILES string of the molecule is CN(C)CCO/N=C/[C@H]1CC[C@]2(O)C/C(=C\c3ccccc3)CC[C@]12C. The molecule has 0 radical (unpaired) electrons. The smallest absolute Gasteiger partial charge is 0.129 e. The summed E-state index contributed by atoms with van der Waals surface area (Å²) in [6, 6.07) is 10.4. The largest absolute Gasteiger partial charge is 0.395 e. The van der Waals surface area contributed by atoms with Crippen LogP contribution >= 0.6 is 0 Å². The highest BCUT2D eigenvalue weighted by molar-refractivity contribution is 5.63. The Balaban J connectivity index is 1.64. The minimum absolute atomic E-state index is 0.116. The minimum atomic E-state index is -0.633. The van der Waals surface area contributed by atoms with E-state index in [4.69, 9.17) is 4.84 Å². The summed E-state index contributed by atoms with van der Waals surface area (Å²) < 4.78 is 0. The van der Waals surface area contributed by atoms with Gasteiger partial charge in [0.05, 0.1) is 5.60 Å². The van der Waals surface area contributed by atoms with E-state index in [1.807, 2.05) is 26.4 Å². The molecule has 1 N–H and O–H groups in total. The average molecular weight is 357 g/mol. The molecule has 1 aromatic rings. The van der Waals surface area contributed by atoms with Crippen molar-refractivity contribution in [2.75, 3.05) is 27.2 Å². The lowest BCUT2D eigenvalue weighted by atomic mass is 9.61. The molecule has 0 unspecified atom stereocenters. The molecule has 142 valence electrons. The normalized spacial score (nSPS) is 33.1. The van der Waals surface area contributed by atoms with Crippen LogP contribution in [0.5, 0.6) is 0 Å². The molecule has 26 heavy (non-hydrogen) atoms. The van der Waals surface area contributed by atoms with Crippen molar-refractivity contribution in [3.8, 4) is 0 Å². The van der Waals surface area contributed by atoms with E-state index in [0.29, 0.717) is 6.61 Å². The molecular weight excluding hydrogens is 324 g/mol. The van der Waals surface area contributed by atoms with Crippen molar-refractivity contribution in [3.05, 3.63) is 41.5 Å². The maximum atomic E-state index is 11.4. The van der Waals surface area contributed by atoms with Crippen molar-refractivity contribution in [1.29, 1.82) is 0 Å². The average Bonchev–Trinajstić information content (AvgIpc) is 2.86. The second-order valence-electron chi connectivity index (χ2n) is 8.38. The van der Waals surface area contributed by atoms with E-state index < -0.39 is 5.60 Å². The number of hydrogen-bond donors (Lipinski definition) is 1. The van der Waals surface area contributed by atoms with E-state index in [0.717, 1.165) is 38.6 Å². The molecule has 0 heterocycles. The molecule has 2 fully saturated rings. The van der Waals surface area contributed by atoms with Gasteiger partial charge in [-0.3, -0.25) is 0 Å². The van der Waals surface area contributed by atoms with Gasteiger partial charge < -0.3 is 14.8 Å². The van der Waals surface area contributed by atoms with Gasteiger partial charge in [0.25, 0.3) is 0 Å². The molecule has 1 aromatic carbocycles. The summed E-state index contributed by atoms with van der Waals surface area (Å²) >= 11 is 0. The summed E-state index contributed by atoms with van der Waals surface area (Å²) in [5, 5.41) is 15.6. The predicted molar refractivity (Wildman–Crippen MR) is 107 cm³/mol. The Morgan fingerprint density at radius 1 is 1.27 bits per heavy atom. The highest BCUT2D eigenvalue weighted by Crippen LogP contribution is 2.58. The number of aliphatic hydroxyl groups is 1. The molecule has 0 aromatic heterocycles. The lowest BCUT2D eigenvalue weighted by molar-refractivity contribution is -0.0754. The predicted octanol–water partition coefficient (Wildman–Crippen LogP) is 3.97. The van der Waals surface area contributed by atoms with Crippen LogP contribution in [0.4, 0.5) is 0 Å². The molecule has 0 saturated heterocycles. The van der Waals surface area contributed by atoms with E-state index in [-0.39, 0.29) is 11.3 Å². The zero-order valence-electron chi connectivity index (χ0n) is 16.3. The van der Waals surface area contributed by atoms with Gasteiger partial charge in [-0.1, -0.05) is 54.1 Å². The first kappa shape index (κ1) is 19.1. The van der Waals surface area contributed by atoms with Crippen LogP contribution in [0.25, 0.3) is 6.08 Å². The first-order chi connectivity index (χ1) is 12.4. The zero-order chi connectivity index (χ0) is 18.6. The maximum absolute atomic E-state index is 11.4. The summed E-state index contributed by atoms with van der Waals surface area (Å²) in [5.41, 5.74) is 1.83. The van der Waals surface area contributed by atoms with E-state index in [1.54, 1.807) is 0 Å². The van der Waals surface area contributed by atoms with Gasteiger partial charge in [-0.2, -0.15) is 0 Å². The van der Waals surface area contributed by atoms with E-state index in [1.165, 1.54) is 11.1 Å². The Labute approximate surface area is 157 Å². The monoisotopic (exact) mass is 356 g/mol. The third-order valence-corrected chi connectivity index (χ3v) is 6.35. The molecule has 2 saturated carbocycles. The Kier molecular flexibility index (Phi) is 5.83.